The van der Waals surface area contributed by atoms with Crippen molar-refractivity contribution in [2.24, 2.45) is 5.92 Å². The Balaban J connectivity index is 2.92. The third kappa shape index (κ3) is 6.53. The molecule has 1 fully saturated rings. The average Bonchev–Trinajstić information content (AvgIpc) is 2.83. The zero-order chi connectivity index (χ0) is 20.3. The molecule has 1 aliphatic rings. The topological polar surface area (TPSA) is 59.0 Å². The van der Waals surface area contributed by atoms with E-state index in [4.69, 9.17) is 9.16 Å². The van der Waals surface area contributed by atoms with Gasteiger partial charge >= 0.3 is 6.09 Å². The first-order valence-corrected chi connectivity index (χ1v) is 12.9. The third-order valence-electron chi connectivity index (χ3n) is 5.71. The molecule has 3 atom stereocenters. The zero-order valence-electron chi connectivity index (χ0n) is 18.4. The summed E-state index contributed by atoms with van der Waals surface area (Å²) >= 11 is 0. The van der Waals surface area contributed by atoms with E-state index in [-0.39, 0.29) is 35.8 Å². The Morgan fingerprint density at radius 1 is 1.23 bits per heavy atom. The lowest BCUT2D eigenvalue weighted by atomic mass is 9.96. The molecule has 0 aliphatic carbocycles. The molecule has 0 radical (unpaired) electrons. The van der Waals surface area contributed by atoms with Gasteiger partial charge in [0.05, 0.1) is 6.10 Å². The minimum Gasteiger partial charge on any atom is -0.444 e. The van der Waals surface area contributed by atoms with Crippen molar-refractivity contribution in [2.75, 3.05) is 13.2 Å². The number of amides is 1. The molecule has 0 saturated carbocycles. The number of likely N-dealkylation sites (tertiary alicyclic amines) is 1. The number of nitrogens with zero attached hydrogens (tertiary/aromatic N) is 1. The number of carbonyl (C=O) groups excluding carboxylic acids is 1. The minimum absolute atomic E-state index is 0.0459. The summed E-state index contributed by atoms with van der Waals surface area (Å²) in [6.45, 7) is 19.7. The number of hydrogen-bond acceptors (Lipinski definition) is 4. The lowest BCUT2D eigenvalue weighted by molar-refractivity contribution is 0.0185. The van der Waals surface area contributed by atoms with E-state index >= 15 is 0 Å². The molecule has 1 rings (SSSR count). The van der Waals surface area contributed by atoms with Gasteiger partial charge in [0, 0.05) is 19.2 Å². The minimum atomic E-state index is -1.90. The van der Waals surface area contributed by atoms with Crippen molar-refractivity contribution in [3.05, 3.63) is 0 Å². The summed E-state index contributed by atoms with van der Waals surface area (Å²) in [7, 11) is -1.90. The van der Waals surface area contributed by atoms with Gasteiger partial charge in [-0.05, 0) is 57.7 Å². The van der Waals surface area contributed by atoms with E-state index in [2.05, 4.69) is 40.8 Å². The van der Waals surface area contributed by atoms with E-state index < -0.39 is 13.9 Å². The lowest BCUT2D eigenvalue weighted by Gasteiger charge is -2.38. The molecule has 26 heavy (non-hydrogen) atoms. The molecule has 0 aromatic heterocycles. The van der Waals surface area contributed by atoms with Crippen molar-refractivity contribution in [3.63, 3.8) is 0 Å². The van der Waals surface area contributed by atoms with Gasteiger partial charge in [-0.3, -0.25) is 0 Å². The summed E-state index contributed by atoms with van der Waals surface area (Å²) in [5, 5.41) is 9.74. The molecule has 1 N–H and O–H groups in total. The van der Waals surface area contributed by atoms with Crippen molar-refractivity contribution in [1.82, 2.24) is 4.90 Å². The van der Waals surface area contributed by atoms with Gasteiger partial charge in [-0.15, -0.1) is 0 Å². The van der Waals surface area contributed by atoms with E-state index in [1.807, 2.05) is 25.7 Å². The van der Waals surface area contributed by atoms with Crippen LogP contribution in [0, 0.1) is 5.92 Å². The Morgan fingerprint density at radius 2 is 1.81 bits per heavy atom. The molecule has 1 aliphatic heterocycles. The monoisotopic (exact) mass is 387 g/mol. The highest BCUT2D eigenvalue weighted by molar-refractivity contribution is 6.74. The number of aliphatic hydroxyl groups excluding tert-OH is 1. The summed E-state index contributed by atoms with van der Waals surface area (Å²) in [5.41, 5.74) is -0.513. The van der Waals surface area contributed by atoms with Crippen LogP contribution in [0.2, 0.25) is 18.1 Å². The van der Waals surface area contributed by atoms with Crippen molar-refractivity contribution < 1.29 is 19.1 Å². The van der Waals surface area contributed by atoms with Gasteiger partial charge in [-0.2, -0.15) is 0 Å². The lowest BCUT2D eigenvalue weighted by Crippen LogP contribution is -2.45. The van der Waals surface area contributed by atoms with Crippen LogP contribution in [-0.2, 0) is 9.16 Å². The number of hydrogen-bond donors (Lipinski definition) is 1. The summed E-state index contributed by atoms with van der Waals surface area (Å²) in [6.07, 6.45) is 2.30. The van der Waals surface area contributed by atoms with E-state index in [0.29, 0.717) is 6.54 Å². The Hall–Kier alpha value is -0.593. The fraction of sp³-hybridized carbons (Fsp3) is 0.950. The Kier molecular flexibility index (Phi) is 7.77. The van der Waals surface area contributed by atoms with Crippen molar-refractivity contribution >= 4 is 14.4 Å². The normalized spacial score (nSPS) is 23.2. The summed E-state index contributed by atoms with van der Waals surface area (Å²) in [4.78, 5) is 14.6. The molecular weight excluding hydrogens is 346 g/mol. The van der Waals surface area contributed by atoms with Crippen LogP contribution in [0.5, 0.6) is 0 Å². The maximum absolute atomic E-state index is 12.7. The molecule has 1 amide bonds. The van der Waals surface area contributed by atoms with Crippen LogP contribution in [0.15, 0.2) is 0 Å². The predicted molar refractivity (Wildman–Crippen MR) is 109 cm³/mol. The molecular formula is C20H41NO4Si. The smallest absolute Gasteiger partial charge is 0.410 e. The predicted octanol–water partition coefficient (Wildman–Crippen LogP) is 4.79. The molecule has 6 heteroatoms. The molecule has 0 aromatic rings. The van der Waals surface area contributed by atoms with Crippen LogP contribution in [0.25, 0.3) is 0 Å². The number of aliphatic hydroxyl groups is 1. The van der Waals surface area contributed by atoms with Crippen molar-refractivity contribution in [1.29, 1.82) is 0 Å². The second kappa shape index (κ2) is 8.61. The van der Waals surface area contributed by atoms with E-state index in [1.54, 1.807) is 0 Å². The summed E-state index contributed by atoms with van der Waals surface area (Å²) < 4.78 is 12.2. The van der Waals surface area contributed by atoms with Crippen LogP contribution < -0.4 is 0 Å². The van der Waals surface area contributed by atoms with Crippen molar-refractivity contribution in [2.45, 2.75) is 104 Å². The molecule has 0 aromatic carbocycles. The molecule has 1 unspecified atom stereocenters. The van der Waals surface area contributed by atoms with E-state index in [9.17, 15) is 9.90 Å². The SMILES string of the molecule is CCC(CO)C[C@@H]1C[C@@H](O[Si](C)(C)C(C)(C)C)CN1C(=O)OC(C)(C)C. The molecule has 0 spiro atoms. The molecule has 5 nitrogen and oxygen atoms in total. The fourth-order valence-corrected chi connectivity index (χ4v) is 4.43. The standard InChI is InChI=1S/C20H41NO4Si/c1-10-15(14-22)11-16-12-17(25-26(8,9)20(5,6)7)13-21(16)18(23)24-19(2,3)4/h15-17,22H,10-14H2,1-9H3/t15?,16-,17-/m1/s1. The van der Waals surface area contributed by atoms with Crippen LogP contribution >= 0.6 is 0 Å². The van der Waals surface area contributed by atoms with Crippen LogP contribution in [0.1, 0.15) is 67.7 Å². The van der Waals surface area contributed by atoms with Gasteiger partial charge in [0.15, 0.2) is 8.32 Å². The van der Waals surface area contributed by atoms with Gasteiger partial charge in [0.1, 0.15) is 5.60 Å². The Morgan fingerprint density at radius 3 is 2.23 bits per heavy atom. The summed E-state index contributed by atoms with van der Waals surface area (Å²) in [6, 6.07) is 0.0664. The van der Waals surface area contributed by atoms with Gasteiger partial charge < -0.3 is 19.2 Å². The quantitative estimate of drug-likeness (QED) is 0.665. The Bertz CT molecular complexity index is 463. The van der Waals surface area contributed by atoms with Gasteiger partial charge in [-0.25, -0.2) is 4.79 Å². The van der Waals surface area contributed by atoms with E-state index in [1.165, 1.54) is 0 Å². The largest absolute Gasteiger partial charge is 0.444 e. The Labute approximate surface area is 161 Å². The highest BCUT2D eigenvalue weighted by atomic mass is 28.4. The van der Waals surface area contributed by atoms with Crippen molar-refractivity contribution in [3.8, 4) is 0 Å². The maximum atomic E-state index is 12.7. The first kappa shape index (κ1) is 23.4. The second-order valence-corrected chi connectivity index (χ2v) is 15.0. The highest BCUT2D eigenvalue weighted by Crippen LogP contribution is 2.39. The molecule has 1 heterocycles. The van der Waals surface area contributed by atoms with Gasteiger partial charge in [0.25, 0.3) is 0 Å². The first-order chi connectivity index (χ1) is 11.7. The maximum Gasteiger partial charge on any atom is 0.410 e. The molecule has 1 saturated heterocycles. The third-order valence-corrected chi connectivity index (χ3v) is 10.2. The fourth-order valence-electron chi connectivity index (χ4n) is 3.08. The first-order valence-electron chi connectivity index (χ1n) is 9.98. The summed E-state index contributed by atoms with van der Waals surface area (Å²) in [5.74, 6) is 0.205. The molecule has 0 bridgehead atoms. The van der Waals surface area contributed by atoms with Crippen LogP contribution in [-0.4, -0.2) is 55.3 Å². The van der Waals surface area contributed by atoms with E-state index in [0.717, 1.165) is 19.3 Å². The van der Waals surface area contributed by atoms with Crippen LogP contribution in [0.4, 0.5) is 4.79 Å². The number of rotatable bonds is 6. The van der Waals surface area contributed by atoms with Gasteiger partial charge in [0.2, 0.25) is 0 Å². The highest BCUT2D eigenvalue weighted by Gasteiger charge is 2.44. The zero-order valence-corrected chi connectivity index (χ0v) is 19.4. The molecule has 154 valence electrons. The van der Waals surface area contributed by atoms with Crippen LogP contribution in [0.3, 0.4) is 0 Å². The average molecular weight is 388 g/mol. The number of ether oxygens (including phenoxy) is 1. The van der Waals surface area contributed by atoms with Gasteiger partial charge in [-0.1, -0.05) is 34.1 Å². The second-order valence-electron chi connectivity index (χ2n) is 10.2. The number of carbonyl (C=O) groups is 1.